The number of carbonyl (C=O) groups is 1. The van der Waals surface area contributed by atoms with Crippen LogP contribution in [0.25, 0.3) is 0 Å². The molecular formula is C22H27NO4. The highest BCUT2D eigenvalue weighted by Crippen LogP contribution is 2.57. The number of piperidine rings is 1. The molecule has 1 N–H and O–H groups in total. The molecule has 5 heteroatoms. The number of Topliss-reactive ketones (excluding diaryl/α,β-unsaturated/α-hetero) is 1. The van der Waals surface area contributed by atoms with Crippen LogP contribution < -0.4 is 4.74 Å². The number of phenols is 1. The van der Waals surface area contributed by atoms with Crippen LogP contribution in [-0.2, 0) is 21.4 Å². The van der Waals surface area contributed by atoms with Crippen molar-refractivity contribution in [3.63, 3.8) is 0 Å². The summed E-state index contributed by atoms with van der Waals surface area (Å²) in [6.45, 7) is 2.11. The summed E-state index contributed by atoms with van der Waals surface area (Å²) >= 11 is 0. The van der Waals surface area contributed by atoms with Gasteiger partial charge in [0, 0.05) is 37.1 Å². The molecule has 3 aliphatic carbocycles. The van der Waals surface area contributed by atoms with Gasteiger partial charge in [0.25, 0.3) is 0 Å². The predicted octanol–water partition coefficient (Wildman–Crippen LogP) is 2.59. The number of benzene rings is 1. The lowest BCUT2D eigenvalue weighted by molar-refractivity contribution is -0.129. The number of likely N-dealkylation sites (tertiary alicyclic amines) is 1. The topological polar surface area (TPSA) is 59.0 Å². The average Bonchev–Trinajstić information content (AvgIpc) is 3.47. The first-order valence-corrected chi connectivity index (χ1v) is 9.98. The van der Waals surface area contributed by atoms with Crippen LogP contribution in [0.2, 0.25) is 0 Å². The van der Waals surface area contributed by atoms with Gasteiger partial charge in [0.1, 0.15) is 6.10 Å². The molecule has 27 heavy (non-hydrogen) atoms. The second kappa shape index (κ2) is 6.08. The molecule has 0 spiro atoms. The van der Waals surface area contributed by atoms with Crippen LogP contribution >= 0.6 is 0 Å². The zero-order chi connectivity index (χ0) is 18.8. The van der Waals surface area contributed by atoms with Crippen LogP contribution in [0.5, 0.6) is 11.5 Å². The second-order valence-corrected chi connectivity index (χ2v) is 8.56. The van der Waals surface area contributed by atoms with Crippen LogP contribution in [0.15, 0.2) is 23.8 Å². The third-order valence-corrected chi connectivity index (χ3v) is 7.08. The fourth-order valence-electron chi connectivity index (χ4n) is 5.60. The van der Waals surface area contributed by atoms with Gasteiger partial charge in [0.2, 0.25) is 0 Å². The van der Waals surface area contributed by atoms with Gasteiger partial charge in [-0.2, -0.15) is 0 Å². The average molecular weight is 369 g/mol. The van der Waals surface area contributed by atoms with Crippen molar-refractivity contribution in [2.24, 2.45) is 5.92 Å². The SMILES string of the molecule is COc1ccc2c(c1O)[C@@]13CCN(CC4CC4)[C@@H](C2)C1=CC(OC)C(=O)C3. The minimum Gasteiger partial charge on any atom is -0.504 e. The van der Waals surface area contributed by atoms with E-state index in [1.165, 1.54) is 18.4 Å². The maximum absolute atomic E-state index is 12.8. The Labute approximate surface area is 160 Å². The minimum atomic E-state index is -0.467. The highest BCUT2D eigenvalue weighted by Gasteiger charge is 2.55. The van der Waals surface area contributed by atoms with Gasteiger partial charge in [-0.25, -0.2) is 0 Å². The molecule has 1 aliphatic heterocycles. The number of carbonyl (C=O) groups excluding carboxylic acids is 1. The summed E-state index contributed by atoms with van der Waals surface area (Å²) < 4.78 is 10.9. The predicted molar refractivity (Wildman–Crippen MR) is 101 cm³/mol. The Bertz CT molecular complexity index is 828. The molecule has 144 valence electrons. The van der Waals surface area contributed by atoms with Gasteiger partial charge in [-0.15, -0.1) is 0 Å². The van der Waals surface area contributed by atoms with E-state index < -0.39 is 11.5 Å². The Morgan fingerprint density at radius 2 is 2.11 bits per heavy atom. The number of aromatic hydroxyl groups is 1. The zero-order valence-electron chi connectivity index (χ0n) is 16.0. The van der Waals surface area contributed by atoms with E-state index in [0.29, 0.717) is 18.2 Å². The Kier molecular flexibility index (Phi) is 3.89. The van der Waals surface area contributed by atoms with E-state index in [1.54, 1.807) is 14.2 Å². The highest BCUT2D eigenvalue weighted by molar-refractivity contribution is 5.90. The summed E-state index contributed by atoms with van der Waals surface area (Å²) in [5.41, 5.74) is 2.93. The van der Waals surface area contributed by atoms with Gasteiger partial charge in [-0.1, -0.05) is 6.07 Å². The van der Waals surface area contributed by atoms with Crippen molar-refractivity contribution in [1.29, 1.82) is 0 Å². The molecule has 1 saturated carbocycles. The molecule has 1 aromatic carbocycles. The van der Waals surface area contributed by atoms with Crippen molar-refractivity contribution < 1.29 is 19.4 Å². The number of hydrogen-bond acceptors (Lipinski definition) is 5. The third-order valence-electron chi connectivity index (χ3n) is 7.08. The molecule has 5 nitrogen and oxygen atoms in total. The highest BCUT2D eigenvalue weighted by atomic mass is 16.5. The molecular weight excluding hydrogens is 342 g/mol. The van der Waals surface area contributed by atoms with Gasteiger partial charge in [0.15, 0.2) is 17.3 Å². The van der Waals surface area contributed by atoms with Crippen molar-refractivity contribution >= 4 is 5.78 Å². The Morgan fingerprint density at radius 1 is 1.30 bits per heavy atom. The Balaban J connectivity index is 1.68. The van der Waals surface area contributed by atoms with Crippen molar-refractivity contribution in [2.75, 3.05) is 27.3 Å². The molecule has 3 atom stereocenters. The first-order chi connectivity index (χ1) is 13.1. The molecule has 1 saturated heterocycles. The summed E-state index contributed by atoms with van der Waals surface area (Å²) in [5, 5.41) is 11.0. The zero-order valence-corrected chi connectivity index (χ0v) is 16.0. The largest absolute Gasteiger partial charge is 0.504 e. The maximum Gasteiger partial charge on any atom is 0.166 e. The Morgan fingerprint density at radius 3 is 2.81 bits per heavy atom. The van der Waals surface area contributed by atoms with Crippen LogP contribution in [0.3, 0.4) is 0 Å². The molecule has 1 unspecified atom stereocenters. The summed E-state index contributed by atoms with van der Waals surface area (Å²) in [4.78, 5) is 15.4. The summed E-state index contributed by atoms with van der Waals surface area (Å²) in [6, 6.07) is 4.22. The molecule has 2 fully saturated rings. The standard InChI is InChI=1S/C22H27NO4/c1-26-18-6-5-14-9-16-15-10-19(27-2)17(24)11-22(15,20(14)21(18)25)7-8-23(16)12-13-3-4-13/h5-6,10,13,16,19,25H,3-4,7-9,11-12H2,1-2H3/t16-,19?,22+/m0/s1. The summed E-state index contributed by atoms with van der Waals surface area (Å²) in [6.07, 6.45) is 6.39. The number of rotatable bonds is 4. The molecule has 0 aromatic heterocycles. The minimum absolute atomic E-state index is 0.103. The first kappa shape index (κ1) is 17.3. The van der Waals surface area contributed by atoms with Crippen molar-refractivity contribution in [1.82, 2.24) is 4.90 Å². The van der Waals surface area contributed by atoms with E-state index >= 15 is 0 Å². The van der Waals surface area contributed by atoms with Crippen LogP contribution in [0, 0.1) is 5.92 Å². The van der Waals surface area contributed by atoms with Gasteiger partial charge in [-0.05, 0) is 61.4 Å². The van der Waals surface area contributed by atoms with Crippen molar-refractivity contribution in [2.45, 2.75) is 49.7 Å². The fraction of sp³-hybridized carbons (Fsp3) is 0.591. The summed E-state index contributed by atoms with van der Waals surface area (Å²) in [5.74, 6) is 1.62. The number of ether oxygens (including phenoxy) is 2. The summed E-state index contributed by atoms with van der Waals surface area (Å²) in [7, 11) is 3.18. The quantitative estimate of drug-likeness (QED) is 0.827. The molecule has 1 aromatic rings. The van der Waals surface area contributed by atoms with E-state index in [-0.39, 0.29) is 11.5 Å². The van der Waals surface area contributed by atoms with Gasteiger partial charge >= 0.3 is 0 Å². The molecule has 1 heterocycles. The number of phenolic OH excluding ortho intramolecular Hbond substituents is 1. The van der Waals surface area contributed by atoms with Crippen LogP contribution in [0.4, 0.5) is 0 Å². The normalized spacial score (nSPS) is 32.5. The second-order valence-electron chi connectivity index (χ2n) is 8.56. The van der Waals surface area contributed by atoms with Gasteiger partial charge in [-0.3, -0.25) is 9.69 Å². The maximum atomic E-state index is 12.8. The first-order valence-electron chi connectivity index (χ1n) is 9.98. The molecule has 0 amide bonds. The number of hydrogen-bond donors (Lipinski definition) is 1. The van der Waals surface area contributed by atoms with Crippen LogP contribution in [0.1, 0.15) is 36.8 Å². The van der Waals surface area contributed by atoms with E-state index in [4.69, 9.17) is 9.47 Å². The third kappa shape index (κ3) is 2.48. The molecule has 5 rings (SSSR count). The van der Waals surface area contributed by atoms with Crippen LogP contribution in [-0.4, -0.2) is 55.2 Å². The van der Waals surface area contributed by atoms with E-state index in [2.05, 4.69) is 17.0 Å². The molecule has 2 bridgehead atoms. The van der Waals surface area contributed by atoms with E-state index in [0.717, 1.165) is 43.0 Å². The number of ketones is 1. The van der Waals surface area contributed by atoms with Crippen molar-refractivity contribution in [3.05, 3.63) is 34.9 Å². The number of fused-ring (bicyclic) bond motifs is 1. The smallest absolute Gasteiger partial charge is 0.166 e. The lowest BCUT2D eigenvalue weighted by Crippen LogP contribution is -2.58. The number of methoxy groups -OCH3 is 2. The monoisotopic (exact) mass is 369 g/mol. The fourth-order valence-corrected chi connectivity index (χ4v) is 5.60. The Hall–Kier alpha value is -1.85. The van der Waals surface area contributed by atoms with Gasteiger partial charge in [0.05, 0.1) is 7.11 Å². The lowest BCUT2D eigenvalue weighted by atomic mass is 9.56. The molecule has 4 aliphatic rings. The van der Waals surface area contributed by atoms with Crippen molar-refractivity contribution in [3.8, 4) is 11.5 Å². The van der Waals surface area contributed by atoms with E-state index in [1.807, 2.05) is 6.07 Å². The molecule has 0 radical (unpaired) electrons. The van der Waals surface area contributed by atoms with E-state index in [9.17, 15) is 9.90 Å². The number of nitrogens with zero attached hydrogens (tertiary/aromatic N) is 1. The lowest BCUT2D eigenvalue weighted by Gasteiger charge is -2.55. The van der Waals surface area contributed by atoms with Gasteiger partial charge < -0.3 is 14.6 Å².